The van der Waals surface area contributed by atoms with Gasteiger partial charge in [-0.1, -0.05) is 30.3 Å². The molecule has 2 aromatic carbocycles. The first kappa shape index (κ1) is 21.1. The fraction of sp³-hybridized carbons (Fsp3) is 0.182. The van der Waals surface area contributed by atoms with Gasteiger partial charge < -0.3 is 16.0 Å². The summed E-state index contributed by atoms with van der Waals surface area (Å²) in [6, 6.07) is 20.7. The number of thiophene rings is 1. The molecule has 1 aromatic heterocycles. The second kappa shape index (κ2) is 9.71. The molecule has 0 aliphatic heterocycles. The third-order valence-corrected chi connectivity index (χ3v) is 6.00. The number of carbonyl (C=O) groups excluding carboxylic acids is 2. The van der Waals surface area contributed by atoms with Crippen molar-refractivity contribution in [1.29, 1.82) is 0 Å². The van der Waals surface area contributed by atoms with Gasteiger partial charge in [-0.2, -0.15) is 0 Å². The van der Waals surface area contributed by atoms with Crippen molar-refractivity contribution in [3.8, 4) is 0 Å². The van der Waals surface area contributed by atoms with E-state index < -0.39 is 6.04 Å². The fourth-order valence-corrected chi connectivity index (χ4v) is 4.03. The first-order chi connectivity index (χ1) is 13.9. The van der Waals surface area contributed by atoms with Crippen molar-refractivity contribution in [3.63, 3.8) is 0 Å². The van der Waals surface area contributed by atoms with Crippen LogP contribution >= 0.6 is 27.3 Å². The fourth-order valence-electron chi connectivity index (χ4n) is 2.74. The van der Waals surface area contributed by atoms with Crippen molar-refractivity contribution < 1.29 is 9.59 Å². The highest BCUT2D eigenvalue weighted by molar-refractivity contribution is 9.11. The molecule has 2 unspecified atom stereocenters. The number of halogens is 1. The van der Waals surface area contributed by atoms with E-state index in [1.165, 1.54) is 16.9 Å². The monoisotopic (exact) mass is 471 g/mol. The molecule has 3 rings (SSSR count). The van der Waals surface area contributed by atoms with Gasteiger partial charge in [-0.15, -0.1) is 11.3 Å². The summed E-state index contributed by atoms with van der Waals surface area (Å²) in [5.41, 5.74) is 2.84. The van der Waals surface area contributed by atoms with E-state index in [4.69, 9.17) is 0 Å². The molecule has 0 bridgehead atoms. The second-order valence-electron chi connectivity index (χ2n) is 6.64. The van der Waals surface area contributed by atoms with E-state index >= 15 is 0 Å². The molecular formula is C22H22BrN3O2S. The van der Waals surface area contributed by atoms with Gasteiger partial charge in [0.1, 0.15) is 6.04 Å². The maximum absolute atomic E-state index is 12.4. The number of amides is 2. The summed E-state index contributed by atoms with van der Waals surface area (Å²) in [5.74, 6) is -0.537. The average molecular weight is 472 g/mol. The highest BCUT2D eigenvalue weighted by atomic mass is 79.9. The van der Waals surface area contributed by atoms with Gasteiger partial charge in [-0.3, -0.25) is 9.59 Å². The molecule has 0 radical (unpaired) electrons. The minimum absolute atomic E-state index is 0.171. The number of benzene rings is 2. The smallest absolute Gasteiger partial charge is 0.262 e. The molecule has 0 spiro atoms. The van der Waals surface area contributed by atoms with Gasteiger partial charge in [-0.05, 0) is 71.7 Å². The van der Waals surface area contributed by atoms with Crippen molar-refractivity contribution >= 4 is 50.5 Å². The van der Waals surface area contributed by atoms with Crippen LogP contribution in [0.3, 0.4) is 0 Å². The summed E-state index contributed by atoms with van der Waals surface area (Å²) in [4.78, 5) is 25.1. The van der Waals surface area contributed by atoms with E-state index in [1.807, 2.05) is 42.5 Å². The van der Waals surface area contributed by atoms with Crippen molar-refractivity contribution in [2.24, 2.45) is 0 Å². The summed E-state index contributed by atoms with van der Waals surface area (Å²) in [7, 11) is 0. The van der Waals surface area contributed by atoms with Crippen LogP contribution in [0.2, 0.25) is 0 Å². The molecule has 0 saturated heterocycles. The molecule has 0 aliphatic carbocycles. The van der Waals surface area contributed by atoms with Gasteiger partial charge in [-0.25, -0.2) is 0 Å². The predicted molar refractivity (Wildman–Crippen MR) is 122 cm³/mol. The van der Waals surface area contributed by atoms with E-state index in [9.17, 15) is 9.59 Å². The highest BCUT2D eigenvalue weighted by Crippen LogP contribution is 2.22. The molecule has 150 valence electrons. The number of hydrogen-bond acceptors (Lipinski definition) is 4. The molecule has 29 heavy (non-hydrogen) atoms. The Morgan fingerprint density at radius 3 is 2.17 bits per heavy atom. The molecule has 3 aromatic rings. The van der Waals surface area contributed by atoms with Crippen molar-refractivity contribution in [2.75, 3.05) is 10.6 Å². The van der Waals surface area contributed by atoms with Crippen LogP contribution < -0.4 is 16.0 Å². The number of nitrogens with one attached hydrogen (secondary N) is 3. The normalized spacial score (nSPS) is 12.7. The van der Waals surface area contributed by atoms with E-state index in [-0.39, 0.29) is 17.9 Å². The SMILES string of the molecule is CC(NC(=O)c1ccc(Br)s1)C(=O)Nc1ccc(NC(C)c2ccccc2)cc1. The van der Waals surface area contributed by atoms with E-state index in [0.717, 1.165) is 9.47 Å². The lowest BCUT2D eigenvalue weighted by molar-refractivity contribution is -0.117. The number of hydrogen-bond donors (Lipinski definition) is 3. The molecule has 3 N–H and O–H groups in total. The molecule has 1 heterocycles. The number of anilines is 2. The average Bonchev–Trinajstić information content (AvgIpc) is 3.16. The van der Waals surface area contributed by atoms with E-state index in [1.54, 1.807) is 19.1 Å². The zero-order valence-electron chi connectivity index (χ0n) is 16.1. The summed E-state index contributed by atoms with van der Waals surface area (Å²) >= 11 is 4.65. The van der Waals surface area contributed by atoms with Gasteiger partial charge in [0.05, 0.1) is 8.66 Å². The van der Waals surface area contributed by atoms with Gasteiger partial charge in [0.15, 0.2) is 0 Å². The largest absolute Gasteiger partial charge is 0.379 e. The Bertz CT molecular complexity index is 973. The Labute approximate surface area is 182 Å². The van der Waals surface area contributed by atoms with Crippen LogP contribution in [0.5, 0.6) is 0 Å². The Balaban J connectivity index is 1.53. The maximum atomic E-state index is 12.4. The highest BCUT2D eigenvalue weighted by Gasteiger charge is 2.18. The Morgan fingerprint density at radius 2 is 1.55 bits per heavy atom. The molecule has 2 amide bonds. The second-order valence-corrected chi connectivity index (χ2v) is 9.11. The van der Waals surface area contributed by atoms with Crippen LogP contribution in [-0.2, 0) is 4.79 Å². The minimum atomic E-state index is -0.653. The Hall–Kier alpha value is -2.64. The molecule has 0 aliphatic rings. The quantitative estimate of drug-likeness (QED) is 0.429. The van der Waals surface area contributed by atoms with Crippen LogP contribution in [0.15, 0.2) is 70.5 Å². The Kier molecular flexibility index (Phi) is 7.06. The van der Waals surface area contributed by atoms with Crippen LogP contribution in [0.4, 0.5) is 11.4 Å². The molecule has 7 heteroatoms. The van der Waals surface area contributed by atoms with Crippen LogP contribution in [0.25, 0.3) is 0 Å². The topological polar surface area (TPSA) is 70.2 Å². The lowest BCUT2D eigenvalue weighted by Gasteiger charge is -2.17. The van der Waals surface area contributed by atoms with Crippen molar-refractivity contribution in [1.82, 2.24) is 5.32 Å². The summed E-state index contributed by atoms with van der Waals surface area (Å²) in [6.07, 6.45) is 0. The standard InChI is InChI=1S/C22H22BrN3O2S/c1-14(16-6-4-3-5-7-16)24-17-8-10-18(11-9-17)26-21(27)15(2)25-22(28)19-12-13-20(23)29-19/h3-15,24H,1-2H3,(H,25,28)(H,26,27). The van der Waals surface area contributed by atoms with Crippen LogP contribution in [0, 0.1) is 0 Å². The molecular weight excluding hydrogens is 450 g/mol. The molecule has 2 atom stereocenters. The third kappa shape index (κ3) is 5.92. The van der Waals surface area contributed by atoms with Gasteiger partial charge in [0.2, 0.25) is 5.91 Å². The first-order valence-electron chi connectivity index (χ1n) is 9.21. The lowest BCUT2D eigenvalue weighted by Crippen LogP contribution is -2.41. The predicted octanol–water partition coefficient (Wildman–Crippen LogP) is 5.44. The molecule has 5 nitrogen and oxygen atoms in total. The molecule has 0 saturated carbocycles. The molecule has 0 fully saturated rings. The zero-order chi connectivity index (χ0) is 20.8. The number of rotatable bonds is 7. The van der Waals surface area contributed by atoms with Gasteiger partial charge >= 0.3 is 0 Å². The summed E-state index contributed by atoms with van der Waals surface area (Å²) in [5, 5.41) is 8.98. The third-order valence-electron chi connectivity index (χ3n) is 4.37. The lowest BCUT2D eigenvalue weighted by atomic mass is 10.1. The van der Waals surface area contributed by atoms with Crippen molar-refractivity contribution in [3.05, 3.63) is 81.0 Å². The van der Waals surface area contributed by atoms with E-state index in [0.29, 0.717) is 10.6 Å². The summed E-state index contributed by atoms with van der Waals surface area (Å²) in [6.45, 7) is 3.76. The van der Waals surface area contributed by atoms with Crippen molar-refractivity contribution in [2.45, 2.75) is 25.9 Å². The zero-order valence-corrected chi connectivity index (χ0v) is 18.5. The summed E-state index contributed by atoms with van der Waals surface area (Å²) < 4.78 is 0.870. The maximum Gasteiger partial charge on any atom is 0.262 e. The van der Waals surface area contributed by atoms with E-state index in [2.05, 4.69) is 50.9 Å². The Morgan fingerprint density at radius 1 is 0.897 bits per heavy atom. The first-order valence-corrected chi connectivity index (χ1v) is 10.8. The number of carbonyl (C=O) groups is 2. The van der Waals surface area contributed by atoms with Gasteiger partial charge in [0, 0.05) is 17.4 Å². The minimum Gasteiger partial charge on any atom is -0.379 e. The van der Waals surface area contributed by atoms with Crippen LogP contribution in [-0.4, -0.2) is 17.9 Å². The van der Waals surface area contributed by atoms with Crippen LogP contribution in [0.1, 0.15) is 35.1 Å². The van der Waals surface area contributed by atoms with Gasteiger partial charge in [0.25, 0.3) is 5.91 Å².